The number of likely N-dealkylation sites (N-methyl/N-ethyl adjacent to an activating group) is 1. The normalized spacial score (nSPS) is 20.1. The molecule has 1 N–H and O–H groups in total. The molecule has 1 atom stereocenters. The van der Waals surface area contributed by atoms with Crippen LogP contribution < -0.4 is 5.32 Å². The SMILES string of the molecule is CNC1CCc2c(C)sc(C)c2C1.Cl. The fourth-order valence-corrected chi connectivity index (χ4v) is 3.42. The number of hydrogen-bond donors (Lipinski definition) is 1. The summed E-state index contributed by atoms with van der Waals surface area (Å²) in [5.74, 6) is 0. The molecule has 3 heteroatoms. The van der Waals surface area contributed by atoms with E-state index in [-0.39, 0.29) is 12.4 Å². The van der Waals surface area contributed by atoms with Gasteiger partial charge in [0.05, 0.1) is 0 Å². The van der Waals surface area contributed by atoms with Crippen LogP contribution in [0.15, 0.2) is 0 Å². The lowest BCUT2D eigenvalue weighted by Gasteiger charge is -2.22. The summed E-state index contributed by atoms with van der Waals surface area (Å²) in [4.78, 5) is 3.08. The molecule has 0 spiro atoms. The van der Waals surface area contributed by atoms with E-state index in [2.05, 4.69) is 26.2 Å². The zero-order chi connectivity index (χ0) is 9.42. The van der Waals surface area contributed by atoms with Gasteiger partial charge in [0.25, 0.3) is 0 Å². The maximum absolute atomic E-state index is 3.39. The average Bonchev–Trinajstić information content (AvgIpc) is 2.42. The first-order valence-electron chi connectivity index (χ1n) is 4.97. The Morgan fingerprint density at radius 3 is 2.50 bits per heavy atom. The van der Waals surface area contributed by atoms with E-state index in [4.69, 9.17) is 0 Å². The highest BCUT2D eigenvalue weighted by molar-refractivity contribution is 7.12. The van der Waals surface area contributed by atoms with Crippen LogP contribution in [0.3, 0.4) is 0 Å². The maximum atomic E-state index is 3.39. The average molecular weight is 232 g/mol. The first-order valence-corrected chi connectivity index (χ1v) is 5.79. The van der Waals surface area contributed by atoms with Crippen molar-refractivity contribution in [3.63, 3.8) is 0 Å². The minimum atomic E-state index is 0. The van der Waals surface area contributed by atoms with Crippen molar-refractivity contribution < 1.29 is 0 Å². The number of thiophene rings is 1. The Morgan fingerprint density at radius 2 is 1.86 bits per heavy atom. The van der Waals surface area contributed by atoms with E-state index >= 15 is 0 Å². The van der Waals surface area contributed by atoms with Crippen LogP contribution in [-0.4, -0.2) is 13.1 Å². The van der Waals surface area contributed by atoms with E-state index in [1.807, 2.05) is 11.3 Å². The van der Waals surface area contributed by atoms with Crippen LogP contribution in [-0.2, 0) is 12.8 Å². The molecule has 0 aromatic carbocycles. The number of aryl methyl sites for hydroxylation is 2. The molecule has 2 rings (SSSR count). The molecule has 0 fully saturated rings. The molecule has 1 aliphatic rings. The van der Waals surface area contributed by atoms with Gasteiger partial charge >= 0.3 is 0 Å². The molecular formula is C11H18ClNS. The van der Waals surface area contributed by atoms with Crippen LogP contribution in [0.1, 0.15) is 27.3 Å². The van der Waals surface area contributed by atoms with E-state index < -0.39 is 0 Å². The largest absolute Gasteiger partial charge is 0.317 e. The molecule has 1 nitrogen and oxygen atoms in total. The highest BCUT2D eigenvalue weighted by atomic mass is 35.5. The predicted octanol–water partition coefficient (Wildman–Crippen LogP) is 2.86. The Kier molecular flexibility index (Phi) is 3.99. The number of nitrogens with one attached hydrogen (secondary N) is 1. The van der Waals surface area contributed by atoms with E-state index in [9.17, 15) is 0 Å². The van der Waals surface area contributed by atoms with E-state index in [1.54, 1.807) is 16.0 Å². The second-order valence-electron chi connectivity index (χ2n) is 3.90. The Bertz CT molecular complexity index is 319. The minimum absolute atomic E-state index is 0. The third-order valence-corrected chi connectivity index (χ3v) is 4.23. The zero-order valence-corrected chi connectivity index (χ0v) is 10.6. The van der Waals surface area contributed by atoms with Gasteiger partial charge in [-0.2, -0.15) is 0 Å². The number of fused-ring (bicyclic) bond motifs is 1. The van der Waals surface area contributed by atoms with Gasteiger partial charge in [-0.1, -0.05) is 0 Å². The topological polar surface area (TPSA) is 12.0 Å². The molecule has 0 aliphatic heterocycles. The summed E-state index contributed by atoms with van der Waals surface area (Å²) in [6, 6.07) is 0.709. The quantitative estimate of drug-likeness (QED) is 0.784. The number of halogens is 1. The van der Waals surface area contributed by atoms with Gasteiger partial charge in [0.2, 0.25) is 0 Å². The zero-order valence-electron chi connectivity index (χ0n) is 9.02. The summed E-state index contributed by atoms with van der Waals surface area (Å²) >= 11 is 1.97. The van der Waals surface area contributed by atoms with Gasteiger partial charge in [0, 0.05) is 15.8 Å². The Morgan fingerprint density at radius 1 is 1.21 bits per heavy atom. The summed E-state index contributed by atoms with van der Waals surface area (Å²) in [7, 11) is 2.07. The second kappa shape index (κ2) is 4.65. The molecule has 1 aromatic rings. The first kappa shape index (κ1) is 12.0. The van der Waals surface area contributed by atoms with Crippen LogP contribution in [0.5, 0.6) is 0 Å². The minimum Gasteiger partial charge on any atom is -0.317 e. The summed E-state index contributed by atoms with van der Waals surface area (Å²) in [6.45, 7) is 4.52. The van der Waals surface area contributed by atoms with E-state index in [0.29, 0.717) is 6.04 Å². The monoisotopic (exact) mass is 231 g/mol. The highest BCUT2D eigenvalue weighted by Crippen LogP contribution is 2.33. The van der Waals surface area contributed by atoms with Crippen molar-refractivity contribution in [2.24, 2.45) is 0 Å². The summed E-state index contributed by atoms with van der Waals surface area (Å²) < 4.78 is 0. The predicted molar refractivity (Wildman–Crippen MR) is 65.9 cm³/mol. The van der Waals surface area contributed by atoms with Crippen molar-refractivity contribution in [2.75, 3.05) is 7.05 Å². The molecule has 1 aromatic heterocycles. The second-order valence-corrected chi connectivity index (χ2v) is 5.33. The fraction of sp³-hybridized carbons (Fsp3) is 0.636. The van der Waals surface area contributed by atoms with Crippen molar-refractivity contribution in [3.05, 3.63) is 20.9 Å². The van der Waals surface area contributed by atoms with Gasteiger partial charge in [-0.15, -0.1) is 23.7 Å². The van der Waals surface area contributed by atoms with Crippen LogP contribution in [0.2, 0.25) is 0 Å². The molecule has 1 aliphatic carbocycles. The maximum Gasteiger partial charge on any atom is 0.0108 e. The molecule has 80 valence electrons. The van der Waals surface area contributed by atoms with Gasteiger partial charge in [-0.25, -0.2) is 0 Å². The van der Waals surface area contributed by atoms with Gasteiger partial charge in [0.15, 0.2) is 0 Å². The lowest BCUT2D eigenvalue weighted by atomic mass is 9.89. The molecule has 0 amide bonds. The lowest BCUT2D eigenvalue weighted by molar-refractivity contribution is 0.496. The Hall–Kier alpha value is -0.0500. The van der Waals surface area contributed by atoms with Crippen molar-refractivity contribution >= 4 is 23.7 Å². The smallest absolute Gasteiger partial charge is 0.0108 e. The van der Waals surface area contributed by atoms with Gasteiger partial charge in [-0.05, 0) is 51.3 Å². The number of hydrogen-bond acceptors (Lipinski definition) is 2. The van der Waals surface area contributed by atoms with Gasteiger partial charge < -0.3 is 5.32 Å². The molecule has 1 heterocycles. The first-order chi connectivity index (χ1) is 6.22. The van der Waals surface area contributed by atoms with Crippen LogP contribution >= 0.6 is 23.7 Å². The summed E-state index contributed by atoms with van der Waals surface area (Å²) in [5, 5.41) is 3.39. The third kappa shape index (κ3) is 1.97. The molecule has 14 heavy (non-hydrogen) atoms. The molecular weight excluding hydrogens is 214 g/mol. The lowest BCUT2D eigenvalue weighted by Crippen LogP contribution is -2.31. The highest BCUT2D eigenvalue weighted by Gasteiger charge is 2.21. The molecule has 0 bridgehead atoms. The standard InChI is InChI=1S/C11H17NS.ClH/c1-7-10-5-4-9(12-3)6-11(10)8(2)13-7;/h9,12H,4-6H2,1-3H3;1H. The molecule has 0 saturated heterocycles. The van der Waals surface area contributed by atoms with Crippen molar-refractivity contribution in [2.45, 2.75) is 39.2 Å². The molecule has 0 saturated carbocycles. The molecule has 1 unspecified atom stereocenters. The van der Waals surface area contributed by atoms with E-state index in [1.165, 1.54) is 24.1 Å². The third-order valence-electron chi connectivity index (χ3n) is 3.12. The van der Waals surface area contributed by atoms with E-state index in [0.717, 1.165) is 0 Å². The summed E-state index contributed by atoms with van der Waals surface area (Å²) in [5.41, 5.74) is 3.28. The van der Waals surface area contributed by atoms with Gasteiger partial charge in [0.1, 0.15) is 0 Å². The van der Waals surface area contributed by atoms with Crippen molar-refractivity contribution in [1.82, 2.24) is 5.32 Å². The van der Waals surface area contributed by atoms with Crippen molar-refractivity contribution in [3.8, 4) is 0 Å². The number of rotatable bonds is 1. The Balaban J connectivity index is 0.000000980. The summed E-state index contributed by atoms with van der Waals surface area (Å²) in [6.07, 6.45) is 3.82. The van der Waals surface area contributed by atoms with Crippen molar-refractivity contribution in [1.29, 1.82) is 0 Å². The van der Waals surface area contributed by atoms with Crippen LogP contribution in [0.4, 0.5) is 0 Å². The van der Waals surface area contributed by atoms with Crippen LogP contribution in [0.25, 0.3) is 0 Å². The fourth-order valence-electron chi connectivity index (χ4n) is 2.29. The molecule has 0 radical (unpaired) electrons. The van der Waals surface area contributed by atoms with Gasteiger partial charge in [-0.3, -0.25) is 0 Å². The Labute approximate surface area is 96.3 Å². The van der Waals surface area contributed by atoms with Crippen LogP contribution in [0, 0.1) is 13.8 Å².